The van der Waals surface area contributed by atoms with Gasteiger partial charge >= 0.3 is 0 Å². The Balaban J connectivity index is 2.08. The fraction of sp³-hybridized carbons (Fsp3) is 0.267. The number of aryl methyl sites for hydroxylation is 1. The third kappa shape index (κ3) is 2.71. The van der Waals surface area contributed by atoms with Crippen LogP contribution in [0.1, 0.15) is 12.0 Å². The van der Waals surface area contributed by atoms with Crippen molar-refractivity contribution in [1.29, 1.82) is 0 Å². The van der Waals surface area contributed by atoms with E-state index < -0.39 is 0 Å². The maximum absolute atomic E-state index is 5.68. The van der Waals surface area contributed by atoms with E-state index in [1.807, 2.05) is 16.7 Å². The van der Waals surface area contributed by atoms with Gasteiger partial charge in [0, 0.05) is 24.6 Å². The van der Waals surface area contributed by atoms with Gasteiger partial charge in [-0.25, -0.2) is 4.98 Å². The van der Waals surface area contributed by atoms with Crippen LogP contribution in [0.5, 0.6) is 0 Å². The summed E-state index contributed by atoms with van der Waals surface area (Å²) in [6, 6.07) is 8.34. The SMILES string of the molecule is Cc1cccc(N(CCCN)c2nccn3cnnc23)c1. The lowest BCUT2D eigenvalue weighted by Gasteiger charge is -2.24. The summed E-state index contributed by atoms with van der Waals surface area (Å²) in [4.78, 5) is 6.64. The summed E-state index contributed by atoms with van der Waals surface area (Å²) < 4.78 is 1.87. The number of anilines is 2. The molecule has 2 heterocycles. The molecule has 0 aliphatic heterocycles. The molecule has 0 unspecified atom stereocenters. The van der Waals surface area contributed by atoms with Gasteiger partial charge in [-0.3, -0.25) is 4.40 Å². The quantitative estimate of drug-likeness (QED) is 0.774. The van der Waals surface area contributed by atoms with E-state index in [1.165, 1.54) is 5.56 Å². The standard InChI is InChI=1S/C15H18N6/c1-12-4-2-5-13(10-12)21(8-3-6-16)14-15-19-18-11-20(15)9-7-17-14/h2,4-5,7,9-11H,3,6,8,16H2,1H3. The Morgan fingerprint density at radius 2 is 2.24 bits per heavy atom. The third-order valence-corrected chi connectivity index (χ3v) is 3.35. The highest BCUT2D eigenvalue weighted by molar-refractivity contribution is 5.72. The third-order valence-electron chi connectivity index (χ3n) is 3.35. The summed E-state index contributed by atoms with van der Waals surface area (Å²) >= 11 is 0. The molecule has 2 N–H and O–H groups in total. The van der Waals surface area contributed by atoms with Gasteiger partial charge in [0.1, 0.15) is 6.33 Å². The molecule has 0 saturated heterocycles. The summed E-state index contributed by atoms with van der Waals surface area (Å²) in [7, 11) is 0. The van der Waals surface area contributed by atoms with Crippen LogP contribution in [0.3, 0.4) is 0 Å². The van der Waals surface area contributed by atoms with E-state index in [0.717, 1.165) is 30.1 Å². The first-order valence-corrected chi connectivity index (χ1v) is 6.98. The van der Waals surface area contributed by atoms with Gasteiger partial charge in [-0.2, -0.15) is 0 Å². The Labute approximate surface area is 123 Å². The molecule has 1 aromatic carbocycles. The molecule has 0 saturated carbocycles. The van der Waals surface area contributed by atoms with Crippen LogP contribution in [-0.4, -0.2) is 32.7 Å². The first-order chi connectivity index (χ1) is 10.3. The zero-order chi connectivity index (χ0) is 14.7. The van der Waals surface area contributed by atoms with Crippen LogP contribution < -0.4 is 10.6 Å². The smallest absolute Gasteiger partial charge is 0.204 e. The summed E-state index contributed by atoms with van der Waals surface area (Å²) in [5, 5.41) is 8.13. The predicted molar refractivity (Wildman–Crippen MR) is 82.6 cm³/mol. The molecule has 2 aromatic heterocycles. The molecule has 21 heavy (non-hydrogen) atoms. The van der Waals surface area contributed by atoms with E-state index in [1.54, 1.807) is 12.5 Å². The minimum Gasteiger partial charge on any atom is -0.330 e. The second kappa shape index (κ2) is 5.88. The molecule has 0 amide bonds. The number of hydrogen-bond donors (Lipinski definition) is 1. The summed E-state index contributed by atoms with van der Waals surface area (Å²) in [5.74, 6) is 0.800. The molecule has 0 radical (unpaired) electrons. The van der Waals surface area contributed by atoms with E-state index in [4.69, 9.17) is 5.73 Å². The monoisotopic (exact) mass is 282 g/mol. The molecule has 0 spiro atoms. The van der Waals surface area contributed by atoms with Gasteiger partial charge in [0.15, 0.2) is 5.82 Å². The summed E-state index contributed by atoms with van der Waals surface area (Å²) in [5.41, 5.74) is 8.72. The Kier molecular flexibility index (Phi) is 3.79. The maximum Gasteiger partial charge on any atom is 0.204 e. The van der Waals surface area contributed by atoms with Crippen molar-refractivity contribution in [1.82, 2.24) is 19.6 Å². The normalized spacial score (nSPS) is 11.0. The van der Waals surface area contributed by atoms with E-state index in [-0.39, 0.29) is 0 Å². The van der Waals surface area contributed by atoms with Crippen LogP contribution >= 0.6 is 0 Å². The number of aromatic nitrogens is 4. The highest BCUT2D eigenvalue weighted by atomic mass is 15.3. The van der Waals surface area contributed by atoms with Crippen LogP contribution in [0.4, 0.5) is 11.5 Å². The molecule has 0 aliphatic rings. The molecule has 3 rings (SSSR count). The molecular formula is C15H18N6. The zero-order valence-corrected chi connectivity index (χ0v) is 12.0. The van der Waals surface area contributed by atoms with Crippen molar-refractivity contribution in [3.8, 4) is 0 Å². The maximum atomic E-state index is 5.68. The molecule has 3 aromatic rings. The van der Waals surface area contributed by atoms with Crippen LogP contribution in [-0.2, 0) is 0 Å². The van der Waals surface area contributed by atoms with Crippen molar-refractivity contribution in [2.75, 3.05) is 18.0 Å². The number of nitrogens with two attached hydrogens (primary N) is 1. The van der Waals surface area contributed by atoms with Crippen molar-refractivity contribution >= 4 is 17.2 Å². The lowest BCUT2D eigenvalue weighted by Crippen LogP contribution is -2.22. The van der Waals surface area contributed by atoms with Gasteiger partial charge in [-0.05, 0) is 37.6 Å². The fourth-order valence-electron chi connectivity index (χ4n) is 2.34. The minimum atomic E-state index is 0.637. The van der Waals surface area contributed by atoms with Crippen molar-refractivity contribution in [2.24, 2.45) is 5.73 Å². The second-order valence-electron chi connectivity index (χ2n) is 4.95. The van der Waals surface area contributed by atoms with Crippen molar-refractivity contribution in [3.05, 3.63) is 48.5 Å². The number of fused-ring (bicyclic) bond motifs is 1. The number of rotatable bonds is 5. The van der Waals surface area contributed by atoms with Crippen molar-refractivity contribution in [2.45, 2.75) is 13.3 Å². The Morgan fingerprint density at radius 3 is 3.05 bits per heavy atom. The average molecular weight is 282 g/mol. The van der Waals surface area contributed by atoms with E-state index in [0.29, 0.717) is 6.54 Å². The van der Waals surface area contributed by atoms with Crippen LogP contribution in [0.15, 0.2) is 43.0 Å². The molecule has 6 heteroatoms. The second-order valence-corrected chi connectivity index (χ2v) is 4.95. The van der Waals surface area contributed by atoms with Crippen LogP contribution in [0.2, 0.25) is 0 Å². The molecule has 108 valence electrons. The summed E-state index contributed by atoms with van der Waals surface area (Å²) in [6.45, 7) is 3.51. The highest BCUT2D eigenvalue weighted by Crippen LogP contribution is 2.26. The lowest BCUT2D eigenvalue weighted by molar-refractivity contribution is 0.808. The number of benzene rings is 1. The first kappa shape index (κ1) is 13.5. The summed E-state index contributed by atoms with van der Waals surface area (Å²) in [6.07, 6.45) is 6.16. The van der Waals surface area contributed by atoms with Gasteiger partial charge in [0.05, 0.1) is 0 Å². The van der Waals surface area contributed by atoms with Crippen LogP contribution in [0.25, 0.3) is 5.65 Å². The zero-order valence-electron chi connectivity index (χ0n) is 12.0. The first-order valence-electron chi connectivity index (χ1n) is 6.98. The predicted octanol–water partition coefficient (Wildman–Crippen LogP) is 1.92. The Hall–Kier alpha value is -2.47. The van der Waals surface area contributed by atoms with Crippen LogP contribution in [0, 0.1) is 6.92 Å². The molecule has 0 aliphatic carbocycles. The van der Waals surface area contributed by atoms with Gasteiger partial charge in [0.25, 0.3) is 0 Å². The van der Waals surface area contributed by atoms with Gasteiger partial charge in [-0.1, -0.05) is 12.1 Å². The minimum absolute atomic E-state index is 0.637. The van der Waals surface area contributed by atoms with Crippen molar-refractivity contribution < 1.29 is 0 Å². The molecule has 0 atom stereocenters. The Morgan fingerprint density at radius 1 is 1.33 bits per heavy atom. The Bertz CT molecular complexity index is 736. The molecule has 6 nitrogen and oxygen atoms in total. The average Bonchev–Trinajstić information content (AvgIpc) is 2.97. The number of nitrogens with zero attached hydrogens (tertiary/aromatic N) is 5. The fourth-order valence-corrected chi connectivity index (χ4v) is 2.34. The van der Waals surface area contributed by atoms with Gasteiger partial charge < -0.3 is 10.6 Å². The van der Waals surface area contributed by atoms with E-state index in [2.05, 4.69) is 45.2 Å². The molecular weight excluding hydrogens is 264 g/mol. The number of hydrogen-bond acceptors (Lipinski definition) is 5. The van der Waals surface area contributed by atoms with E-state index in [9.17, 15) is 0 Å². The molecule has 0 bridgehead atoms. The van der Waals surface area contributed by atoms with Gasteiger partial charge in [0.2, 0.25) is 5.65 Å². The van der Waals surface area contributed by atoms with Crippen molar-refractivity contribution in [3.63, 3.8) is 0 Å². The highest BCUT2D eigenvalue weighted by Gasteiger charge is 2.15. The van der Waals surface area contributed by atoms with E-state index >= 15 is 0 Å². The van der Waals surface area contributed by atoms with Gasteiger partial charge in [-0.15, -0.1) is 10.2 Å². The lowest BCUT2D eigenvalue weighted by atomic mass is 10.2. The molecule has 0 fully saturated rings. The topological polar surface area (TPSA) is 72.3 Å². The largest absolute Gasteiger partial charge is 0.330 e.